The molecule has 1 aliphatic rings. The summed E-state index contributed by atoms with van der Waals surface area (Å²) < 4.78 is 0. The van der Waals surface area contributed by atoms with E-state index in [4.69, 9.17) is 12.2 Å². The molecule has 2 rings (SSSR count). The van der Waals surface area contributed by atoms with Crippen molar-refractivity contribution in [2.45, 2.75) is 25.7 Å². The summed E-state index contributed by atoms with van der Waals surface area (Å²) >= 11 is 5.26. The highest BCUT2D eigenvalue weighted by molar-refractivity contribution is 7.80. The fourth-order valence-corrected chi connectivity index (χ4v) is 2.59. The zero-order valence-electron chi connectivity index (χ0n) is 11.4. The second-order valence-electron chi connectivity index (χ2n) is 5.00. The lowest BCUT2D eigenvalue weighted by molar-refractivity contribution is 0.330. The average molecular weight is 277 g/mol. The highest BCUT2D eigenvalue weighted by atomic mass is 32.1. The zero-order valence-corrected chi connectivity index (χ0v) is 12.2. The predicted octanol–water partition coefficient (Wildman–Crippen LogP) is 2.85. The van der Waals surface area contributed by atoms with Gasteiger partial charge in [0.15, 0.2) is 5.11 Å². The third-order valence-corrected chi connectivity index (χ3v) is 3.66. The first kappa shape index (κ1) is 14.3. The van der Waals surface area contributed by atoms with E-state index >= 15 is 0 Å². The van der Waals surface area contributed by atoms with E-state index in [2.05, 4.69) is 15.5 Å². The number of hydrogen-bond acceptors (Lipinski definition) is 2. The second-order valence-corrected chi connectivity index (χ2v) is 5.41. The van der Waals surface area contributed by atoms with Crippen molar-refractivity contribution in [2.75, 3.05) is 31.5 Å². The van der Waals surface area contributed by atoms with Crippen LogP contribution >= 0.6 is 12.2 Å². The molecule has 0 radical (unpaired) electrons. The molecule has 0 atom stereocenters. The Balaban J connectivity index is 1.51. The Bertz CT molecular complexity index is 374. The van der Waals surface area contributed by atoms with Crippen molar-refractivity contribution in [3.8, 4) is 0 Å². The normalized spacial score (nSPS) is 15.4. The standard InChI is InChI=1S/C15H23N3S/c19-15(17-14-8-2-1-3-9-14)16-10-4-5-11-18-12-6-7-13-18/h1-3,8-9H,4-7,10-13H2,(H2,16,17,19). The SMILES string of the molecule is S=C(NCCCCN1CCCC1)Nc1ccccc1. The largest absolute Gasteiger partial charge is 0.362 e. The molecule has 1 aliphatic heterocycles. The first-order chi connectivity index (χ1) is 9.34. The van der Waals surface area contributed by atoms with E-state index in [-0.39, 0.29) is 0 Å². The zero-order chi connectivity index (χ0) is 13.3. The van der Waals surface area contributed by atoms with Gasteiger partial charge >= 0.3 is 0 Å². The Labute approximate surface area is 121 Å². The minimum Gasteiger partial charge on any atom is -0.362 e. The molecule has 1 aromatic carbocycles. The van der Waals surface area contributed by atoms with Gasteiger partial charge in [0.25, 0.3) is 0 Å². The molecular formula is C15H23N3S. The van der Waals surface area contributed by atoms with Gasteiger partial charge in [-0.15, -0.1) is 0 Å². The first-order valence-electron chi connectivity index (χ1n) is 7.17. The summed E-state index contributed by atoms with van der Waals surface area (Å²) in [5.41, 5.74) is 1.04. The van der Waals surface area contributed by atoms with Crippen LogP contribution in [0.2, 0.25) is 0 Å². The molecule has 0 unspecified atom stereocenters. The molecule has 4 heteroatoms. The van der Waals surface area contributed by atoms with E-state index in [0.717, 1.165) is 12.2 Å². The fourth-order valence-electron chi connectivity index (χ4n) is 2.37. The first-order valence-corrected chi connectivity index (χ1v) is 7.58. The topological polar surface area (TPSA) is 27.3 Å². The molecular weight excluding hydrogens is 254 g/mol. The van der Waals surface area contributed by atoms with Gasteiger partial charge in [0.2, 0.25) is 0 Å². The van der Waals surface area contributed by atoms with Crippen LogP contribution in [0, 0.1) is 0 Å². The van der Waals surface area contributed by atoms with Crippen molar-refractivity contribution in [3.05, 3.63) is 30.3 Å². The number of nitrogens with zero attached hydrogens (tertiary/aromatic N) is 1. The van der Waals surface area contributed by atoms with Crippen molar-refractivity contribution in [3.63, 3.8) is 0 Å². The third kappa shape index (κ3) is 5.57. The van der Waals surface area contributed by atoms with Crippen molar-refractivity contribution in [1.82, 2.24) is 10.2 Å². The molecule has 1 aromatic rings. The Kier molecular flexibility index (Phi) is 6.11. The summed E-state index contributed by atoms with van der Waals surface area (Å²) in [5, 5.41) is 7.16. The fraction of sp³-hybridized carbons (Fsp3) is 0.533. The third-order valence-electron chi connectivity index (χ3n) is 3.42. The summed E-state index contributed by atoms with van der Waals surface area (Å²) in [7, 11) is 0. The van der Waals surface area contributed by atoms with Crippen molar-refractivity contribution >= 4 is 23.0 Å². The Morgan fingerprint density at radius 1 is 1.11 bits per heavy atom. The molecule has 0 aromatic heterocycles. The van der Waals surface area contributed by atoms with Gasteiger partial charge in [0.1, 0.15) is 0 Å². The quantitative estimate of drug-likeness (QED) is 0.617. The maximum Gasteiger partial charge on any atom is 0.170 e. The summed E-state index contributed by atoms with van der Waals surface area (Å²) in [4.78, 5) is 2.56. The highest BCUT2D eigenvalue weighted by Gasteiger charge is 2.09. The van der Waals surface area contributed by atoms with Crippen LogP contribution in [-0.4, -0.2) is 36.2 Å². The number of para-hydroxylation sites is 1. The number of likely N-dealkylation sites (tertiary alicyclic amines) is 1. The predicted molar refractivity (Wildman–Crippen MR) is 85.6 cm³/mol. The molecule has 1 fully saturated rings. The molecule has 19 heavy (non-hydrogen) atoms. The summed E-state index contributed by atoms with van der Waals surface area (Å²) in [6.07, 6.45) is 5.18. The number of unbranched alkanes of at least 4 members (excludes halogenated alkanes) is 1. The number of benzene rings is 1. The van der Waals surface area contributed by atoms with Gasteiger partial charge in [0, 0.05) is 12.2 Å². The smallest absolute Gasteiger partial charge is 0.170 e. The van der Waals surface area contributed by atoms with Gasteiger partial charge in [-0.2, -0.15) is 0 Å². The van der Waals surface area contributed by atoms with Crippen molar-refractivity contribution in [1.29, 1.82) is 0 Å². The van der Waals surface area contributed by atoms with E-state index < -0.39 is 0 Å². The van der Waals surface area contributed by atoms with E-state index in [1.807, 2.05) is 30.3 Å². The van der Waals surface area contributed by atoms with Crippen LogP contribution in [0.25, 0.3) is 0 Å². The molecule has 3 nitrogen and oxygen atoms in total. The number of hydrogen-bond donors (Lipinski definition) is 2. The van der Waals surface area contributed by atoms with Crippen LogP contribution in [0.5, 0.6) is 0 Å². The maximum atomic E-state index is 5.26. The lowest BCUT2D eigenvalue weighted by Crippen LogP contribution is -2.29. The molecule has 0 amide bonds. The lowest BCUT2D eigenvalue weighted by atomic mass is 10.3. The Morgan fingerprint density at radius 3 is 2.58 bits per heavy atom. The monoisotopic (exact) mass is 277 g/mol. The number of thiocarbonyl (C=S) groups is 1. The minimum absolute atomic E-state index is 0.715. The maximum absolute atomic E-state index is 5.26. The van der Waals surface area contributed by atoms with Crippen LogP contribution in [0.4, 0.5) is 5.69 Å². The molecule has 104 valence electrons. The Hall–Kier alpha value is -1.13. The minimum atomic E-state index is 0.715. The average Bonchev–Trinajstić information content (AvgIpc) is 2.92. The van der Waals surface area contributed by atoms with Crippen LogP contribution in [0.15, 0.2) is 30.3 Å². The molecule has 1 heterocycles. The van der Waals surface area contributed by atoms with E-state index in [1.54, 1.807) is 0 Å². The van der Waals surface area contributed by atoms with Crippen LogP contribution in [0.3, 0.4) is 0 Å². The van der Waals surface area contributed by atoms with E-state index in [9.17, 15) is 0 Å². The number of rotatable bonds is 6. The molecule has 0 aliphatic carbocycles. The molecule has 0 bridgehead atoms. The van der Waals surface area contributed by atoms with E-state index in [0.29, 0.717) is 5.11 Å². The van der Waals surface area contributed by atoms with Gasteiger partial charge in [-0.3, -0.25) is 0 Å². The molecule has 1 saturated heterocycles. The number of anilines is 1. The second kappa shape index (κ2) is 8.12. The summed E-state index contributed by atoms with van der Waals surface area (Å²) in [6, 6.07) is 10.0. The van der Waals surface area contributed by atoms with Gasteiger partial charge in [-0.1, -0.05) is 18.2 Å². The van der Waals surface area contributed by atoms with Crippen LogP contribution in [0.1, 0.15) is 25.7 Å². The van der Waals surface area contributed by atoms with Gasteiger partial charge in [-0.05, 0) is 69.7 Å². The number of nitrogens with one attached hydrogen (secondary N) is 2. The van der Waals surface area contributed by atoms with Gasteiger partial charge in [-0.25, -0.2) is 0 Å². The van der Waals surface area contributed by atoms with Gasteiger partial charge in [0.05, 0.1) is 0 Å². The van der Waals surface area contributed by atoms with Crippen molar-refractivity contribution < 1.29 is 0 Å². The van der Waals surface area contributed by atoms with Crippen LogP contribution in [-0.2, 0) is 0 Å². The van der Waals surface area contributed by atoms with E-state index in [1.165, 1.54) is 45.3 Å². The summed E-state index contributed by atoms with van der Waals surface area (Å²) in [6.45, 7) is 4.77. The summed E-state index contributed by atoms with van der Waals surface area (Å²) in [5.74, 6) is 0. The highest BCUT2D eigenvalue weighted by Crippen LogP contribution is 2.08. The molecule has 0 spiro atoms. The molecule has 0 saturated carbocycles. The lowest BCUT2D eigenvalue weighted by Gasteiger charge is -2.14. The van der Waals surface area contributed by atoms with Crippen molar-refractivity contribution in [2.24, 2.45) is 0 Å². The molecule has 2 N–H and O–H groups in total. The van der Waals surface area contributed by atoms with Crippen LogP contribution < -0.4 is 10.6 Å². The van der Waals surface area contributed by atoms with Gasteiger partial charge < -0.3 is 15.5 Å². The Morgan fingerprint density at radius 2 is 1.84 bits per heavy atom.